The molecule has 1 heterocycles. The van der Waals surface area contributed by atoms with Crippen molar-refractivity contribution in [1.29, 1.82) is 0 Å². The Balaban J connectivity index is 2.11. The number of nitrogens with two attached hydrogens (primary N) is 1. The van der Waals surface area contributed by atoms with Gasteiger partial charge in [-0.05, 0) is 47.2 Å². The minimum atomic E-state index is 0.0136. The van der Waals surface area contributed by atoms with Crippen LogP contribution in [0.5, 0.6) is 0 Å². The fourth-order valence-electron chi connectivity index (χ4n) is 1.84. The molecule has 1 unspecified atom stereocenters. The Morgan fingerprint density at radius 3 is 2.71 bits per heavy atom. The molecule has 0 aliphatic rings. The summed E-state index contributed by atoms with van der Waals surface area (Å²) < 4.78 is 3.36. The van der Waals surface area contributed by atoms with Gasteiger partial charge in [-0.3, -0.25) is 0 Å². The van der Waals surface area contributed by atoms with Crippen molar-refractivity contribution < 1.29 is 0 Å². The minimum absolute atomic E-state index is 0.0136. The van der Waals surface area contributed by atoms with E-state index in [1.54, 1.807) is 0 Å². The summed E-state index contributed by atoms with van der Waals surface area (Å²) in [5.41, 5.74) is 7.37. The summed E-state index contributed by atoms with van der Waals surface area (Å²) in [4.78, 5) is 4.35. The van der Waals surface area contributed by atoms with Crippen molar-refractivity contribution in [2.75, 3.05) is 0 Å². The molecule has 0 radical (unpaired) electrons. The highest BCUT2D eigenvalue weighted by Crippen LogP contribution is 2.16. The third-order valence-corrected chi connectivity index (χ3v) is 3.56. The van der Waals surface area contributed by atoms with Gasteiger partial charge in [0.25, 0.3) is 0 Å². The molecule has 1 aromatic heterocycles. The Bertz CT molecular complexity index is 476. The second-order valence-electron chi connectivity index (χ2n) is 3.99. The fourth-order valence-corrected chi connectivity index (χ4v) is 2.20. The summed E-state index contributed by atoms with van der Waals surface area (Å²) >= 11 is 2.30. The van der Waals surface area contributed by atoms with Gasteiger partial charge in [0.1, 0.15) is 5.82 Å². The van der Waals surface area contributed by atoms with Crippen LogP contribution in [0.1, 0.15) is 24.4 Å². The lowest BCUT2D eigenvalue weighted by Gasteiger charge is -2.12. The number of halogens is 1. The molecule has 90 valence electrons. The molecule has 0 saturated heterocycles. The van der Waals surface area contributed by atoms with Gasteiger partial charge >= 0.3 is 0 Å². The summed E-state index contributed by atoms with van der Waals surface area (Å²) in [5.74, 6) is 1.05. The highest BCUT2D eigenvalue weighted by Gasteiger charge is 2.10. The highest BCUT2D eigenvalue weighted by molar-refractivity contribution is 14.1. The lowest BCUT2D eigenvalue weighted by Crippen LogP contribution is -2.16. The Morgan fingerprint density at radius 1 is 1.35 bits per heavy atom. The zero-order valence-corrected chi connectivity index (χ0v) is 12.0. The predicted molar refractivity (Wildman–Crippen MR) is 77.7 cm³/mol. The first-order valence-corrected chi connectivity index (χ1v) is 6.79. The van der Waals surface area contributed by atoms with Crippen molar-refractivity contribution in [3.05, 3.63) is 51.6 Å². The molecule has 3 nitrogen and oxygen atoms in total. The summed E-state index contributed by atoms with van der Waals surface area (Å²) in [6.07, 6.45) is 4.61. The number of imidazole rings is 1. The van der Waals surface area contributed by atoms with Crippen LogP contribution >= 0.6 is 22.6 Å². The van der Waals surface area contributed by atoms with Gasteiger partial charge in [0, 0.05) is 35.0 Å². The Hall–Kier alpha value is -0.880. The van der Waals surface area contributed by atoms with E-state index in [-0.39, 0.29) is 6.04 Å². The van der Waals surface area contributed by atoms with E-state index in [1.807, 2.05) is 12.4 Å². The summed E-state index contributed by atoms with van der Waals surface area (Å²) in [5, 5.41) is 0. The van der Waals surface area contributed by atoms with E-state index in [9.17, 15) is 0 Å². The van der Waals surface area contributed by atoms with Crippen molar-refractivity contribution in [2.24, 2.45) is 5.73 Å². The zero-order valence-electron chi connectivity index (χ0n) is 9.81. The van der Waals surface area contributed by atoms with Gasteiger partial charge in [-0.15, -0.1) is 0 Å². The largest absolute Gasteiger partial charge is 0.335 e. The quantitative estimate of drug-likeness (QED) is 0.869. The van der Waals surface area contributed by atoms with Crippen LogP contribution in [0, 0.1) is 3.57 Å². The smallest absolute Gasteiger partial charge is 0.110 e. The number of hydrogen-bond acceptors (Lipinski definition) is 2. The minimum Gasteiger partial charge on any atom is -0.335 e. The Labute approximate surface area is 115 Å². The molecule has 1 atom stereocenters. The number of nitrogens with zero attached hydrogens (tertiary/aromatic N) is 2. The fraction of sp³-hybridized carbons (Fsp3) is 0.308. The van der Waals surface area contributed by atoms with Crippen LogP contribution in [0.15, 0.2) is 36.7 Å². The SMILES string of the molecule is CCn1ccnc1CC(N)c1ccc(I)cc1. The average Bonchev–Trinajstić information content (AvgIpc) is 2.77. The van der Waals surface area contributed by atoms with Crippen LogP contribution in [0.2, 0.25) is 0 Å². The molecule has 17 heavy (non-hydrogen) atoms. The number of benzene rings is 1. The van der Waals surface area contributed by atoms with Gasteiger partial charge in [0.2, 0.25) is 0 Å². The van der Waals surface area contributed by atoms with Crippen LogP contribution in [-0.4, -0.2) is 9.55 Å². The van der Waals surface area contributed by atoms with E-state index in [4.69, 9.17) is 5.73 Å². The third-order valence-electron chi connectivity index (χ3n) is 2.84. The van der Waals surface area contributed by atoms with Crippen LogP contribution < -0.4 is 5.73 Å². The van der Waals surface area contributed by atoms with E-state index in [0.29, 0.717) is 0 Å². The van der Waals surface area contributed by atoms with Crippen molar-refractivity contribution >= 4 is 22.6 Å². The lowest BCUT2D eigenvalue weighted by atomic mass is 10.0. The van der Waals surface area contributed by atoms with Gasteiger partial charge in [-0.25, -0.2) is 4.98 Å². The molecule has 0 spiro atoms. The van der Waals surface area contributed by atoms with Gasteiger partial charge in [-0.1, -0.05) is 12.1 Å². The lowest BCUT2D eigenvalue weighted by molar-refractivity contribution is 0.628. The third kappa shape index (κ3) is 3.07. The molecule has 0 bridgehead atoms. The zero-order chi connectivity index (χ0) is 12.3. The maximum atomic E-state index is 6.20. The summed E-state index contributed by atoms with van der Waals surface area (Å²) in [7, 11) is 0. The molecule has 2 rings (SSSR count). The van der Waals surface area contributed by atoms with E-state index in [0.717, 1.165) is 24.4 Å². The van der Waals surface area contributed by atoms with Gasteiger partial charge in [0.05, 0.1) is 0 Å². The molecule has 0 amide bonds. The van der Waals surface area contributed by atoms with Crippen molar-refractivity contribution in [3.8, 4) is 0 Å². The maximum Gasteiger partial charge on any atom is 0.110 e. The second-order valence-corrected chi connectivity index (χ2v) is 5.24. The molecule has 0 aliphatic carbocycles. The number of aromatic nitrogens is 2. The molecular weight excluding hydrogens is 325 g/mol. The first-order chi connectivity index (χ1) is 8.20. The maximum absolute atomic E-state index is 6.20. The van der Waals surface area contributed by atoms with E-state index in [1.165, 1.54) is 3.57 Å². The summed E-state index contributed by atoms with van der Waals surface area (Å²) in [6, 6.07) is 8.36. The van der Waals surface area contributed by atoms with Crippen LogP contribution in [0.4, 0.5) is 0 Å². The average molecular weight is 341 g/mol. The molecule has 0 saturated carbocycles. The first kappa shape index (κ1) is 12.6. The molecule has 2 N–H and O–H groups in total. The molecule has 0 aliphatic heterocycles. The molecule has 0 fully saturated rings. The standard InChI is InChI=1S/C13H16IN3/c1-2-17-8-7-16-13(17)9-12(15)10-3-5-11(14)6-4-10/h3-8,12H,2,9,15H2,1H3. The van der Waals surface area contributed by atoms with Crippen LogP contribution in [0.3, 0.4) is 0 Å². The monoisotopic (exact) mass is 341 g/mol. The molecular formula is C13H16IN3. The van der Waals surface area contributed by atoms with E-state index < -0.39 is 0 Å². The first-order valence-electron chi connectivity index (χ1n) is 5.71. The molecule has 1 aromatic carbocycles. The summed E-state index contributed by atoms with van der Waals surface area (Å²) in [6.45, 7) is 3.05. The van der Waals surface area contributed by atoms with E-state index in [2.05, 4.69) is 63.3 Å². The Kier molecular flexibility index (Phi) is 4.17. The van der Waals surface area contributed by atoms with Crippen molar-refractivity contribution in [2.45, 2.75) is 25.9 Å². The number of aryl methyl sites for hydroxylation is 1. The van der Waals surface area contributed by atoms with E-state index >= 15 is 0 Å². The van der Waals surface area contributed by atoms with Crippen molar-refractivity contribution in [1.82, 2.24) is 9.55 Å². The highest BCUT2D eigenvalue weighted by atomic mass is 127. The number of hydrogen-bond donors (Lipinski definition) is 1. The normalized spacial score (nSPS) is 12.6. The van der Waals surface area contributed by atoms with Crippen LogP contribution in [0.25, 0.3) is 0 Å². The molecule has 4 heteroatoms. The predicted octanol–water partition coefficient (Wildman–Crippen LogP) is 2.75. The molecule has 2 aromatic rings. The van der Waals surface area contributed by atoms with Crippen LogP contribution in [-0.2, 0) is 13.0 Å². The van der Waals surface area contributed by atoms with Gasteiger partial charge in [-0.2, -0.15) is 0 Å². The van der Waals surface area contributed by atoms with Gasteiger partial charge in [0.15, 0.2) is 0 Å². The topological polar surface area (TPSA) is 43.8 Å². The Morgan fingerprint density at radius 2 is 2.06 bits per heavy atom. The number of rotatable bonds is 4. The second kappa shape index (κ2) is 5.64. The van der Waals surface area contributed by atoms with Crippen molar-refractivity contribution in [3.63, 3.8) is 0 Å². The van der Waals surface area contributed by atoms with Gasteiger partial charge < -0.3 is 10.3 Å².